The number of nitrogens with zero attached hydrogens (tertiary/aromatic N) is 2. The van der Waals surface area contributed by atoms with E-state index in [0.29, 0.717) is 0 Å². The molecule has 0 bridgehead atoms. The van der Waals surface area contributed by atoms with Crippen LogP contribution in [0.1, 0.15) is 194 Å². The summed E-state index contributed by atoms with van der Waals surface area (Å²) < 4.78 is 10.9. The highest BCUT2D eigenvalue weighted by Crippen LogP contribution is 2.66. The van der Waals surface area contributed by atoms with Crippen molar-refractivity contribution in [1.29, 1.82) is 0 Å². The third-order valence-electron chi connectivity index (χ3n) is 25.3. The number of rotatable bonds is 16. The molecule has 2 aliphatic heterocycles. The van der Waals surface area contributed by atoms with Gasteiger partial charge in [-0.25, -0.2) is 0 Å². The van der Waals surface area contributed by atoms with Gasteiger partial charge in [0.1, 0.15) is 11.5 Å². The lowest BCUT2D eigenvalue weighted by atomic mass is 9.61. The molecule has 0 fully saturated rings. The number of unbranched alkanes of at least 4 members (excludes halogenated alkanes) is 2. The molecule has 0 aromatic heterocycles. The monoisotopic (exact) mass is 1470 g/mol. The summed E-state index contributed by atoms with van der Waals surface area (Å²) in [5.74, 6) is 1.72. The summed E-state index contributed by atoms with van der Waals surface area (Å²) >= 11 is 0. The van der Waals surface area contributed by atoms with Crippen molar-refractivity contribution < 1.29 is 9.47 Å². The van der Waals surface area contributed by atoms with E-state index in [1.165, 1.54) is 216 Å². The van der Waals surface area contributed by atoms with Crippen molar-refractivity contribution in [1.82, 2.24) is 0 Å². The van der Waals surface area contributed by atoms with E-state index in [0.717, 1.165) is 24.3 Å². The molecule has 0 atom stereocenters. The Kier molecular flexibility index (Phi) is 19.8. The van der Waals surface area contributed by atoms with Gasteiger partial charge >= 0.3 is 0 Å². The van der Waals surface area contributed by atoms with Crippen LogP contribution in [0.15, 0.2) is 291 Å². The Balaban J connectivity index is 0.000000251. The van der Waals surface area contributed by atoms with Gasteiger partial charge in [0.15, 0.2) is 0 Å². The fourth-order valence-corrected chi connectivity index (χ4v) is 19.4. The zero-order valence-electron chi connectivity index (χ0n) is 67.7. The second kappa shape index (κ2) is 29.7. The summed E-state index contributed by atoms with van der Waals surface area (Å²) in [7, 11) is 3.42. The number of fused-ring (bicyclic) bond motifs is 10. The van der Waals surface area contributed by atoms with Crippen LogP contribution >= 0.6 is 0 Å². The van der Waals surface area contributed by atoms with E-state index in [1.54, 1.807) is 14.2 Å². The zero-order valence-corrected chi connectivity index (χ0v) is 67.7. The summed E-state index contributed by atoms with van der Waals surface area (Å²) in [5.41, 5.74) is 41.1. The second-order valence-corrected chi connectivity index (χ2v) is 33.0. The maximum absolute atomic E-state index is 5.46. The molecule has 0 saturated heterocycles. The summed E-state index contributed by atoms with van der Waals surface area (Å²) in [5, 5.41) is 0. The lowest BCUT2D eigenvalue weighted by Gasteiger charge is -2.47. The zero-order chi connectivity index (χ0) is 77.5. The molecule has 4 nitrogen and oxygen atoms in total. The summed E-state index contributed by atoms with van der Waals surface area (Å²) in [6.45, 7) is 27.3. The van der Waals surface area contributed by atoms with Crippen molar-refractivity contribution in [3.05, 3.63) is 425 Å². The molecule has 0 amide bonds. The molecule has 0 N–H and O–H groups in total. The number of anilines is 6. The summed E-state index contributed by atoms with van der Waals surface area (Å²) in [6, 6.07) is 112. The number of benzene rings is 14. The van der Waals surface area contributed by atoms with Crippen LogP contribution in [0.25, 0.3) is 22.3 Å². The Labute approximate surface area is 672 Å². The molecule has 4 heteroatoms. The fourth-order valence-electron chi connectivity index (χ4n) is 19.4. The molecular weight excluding hydrogens is 1370 g/mol. The van der Waals surface area contributed by atoms with Crippen LogP contribution in [0.2, 0.25) is 0 Å². The Bertz CT molecular complexity index is 5430. The number of hydrogen-bond donors (Lipinski definition) is 0. The lowest BCUT2D eigenvalue weighted by molar-refractivity contribution is 0.414. The molecule has 113 heavy (non-hydrogen) atoms. The van der Waals surface area contributed by atoms with Gasteiger partial charge in [0.25, 0.3) is 0 Å². The molecule has 0 unspecified atom stereocenters. The minimum absolute atomic E-state index is 0. The average molecular weight is 1480 g/mol. The normalized spacial score (nSPS) is 14.3. The van der Waals surface area contributed by atoms with Crippen molar-refractivity contribution in [2.75, 3.05) is 24.0 Å². The minimum Gasteiger partial charge on any atom is -0.497 e. The van der Waals surface area contributed by atoms with E-state index in [-0.39, 0.29) is 12.8 Å². The van der Waals surface area contributed by atoms with Crippen molar-refractivity contribution in [3.63, 3.8) is 0 Å². The fraction of sp³-hybridized carbons (Fsp3) is 0.229. The molecule has 4 aliphatic rings. The summed E-state index contributed by atoms with van der Waals surface area (Å²) in [4.78, 5) is 5.20. The van der Waals surface area contributed by atoms with Crippen molar-refractivity contribution in [3.8, 4) is 33.8 Å². The van der Waals surface area contributed by atoms with Gasteiger partial charge in [0.05, 0.1) is 53.2 Å². The first-order valence-electron chi connectivity index (χ1n) is 40.5. The first kappa shape index (κ1) is 75.3. The standard InChI is InChI=1S/C79H76N2.C29H26O2.CH4/c1-11-13-15-57-27-39-63(40-28-57)80-73-43-25-55(7)45-69(73)78(59-31-17-51(3)18-32-59,60-33-19-52(4)20-34-60)71-47-65-66-48-72-76(50-68(66)77(9,10)67(65)49-75(71)80)81(64-41-29-58(30-42-64)16-14-12-2)74-44-26-56(8)46-70(74)79(72,61-35-21-53(5)22-36-61)62-37-23-54(6)24-38-62;1-19-5-15-25-26-16-6-20(2)18-28(26)29(27(25)17-19,21-7-11-23(30-3)12-8-21)22-9-13-24(31-4)14-10-22;/h17-50H,11-16H2,1-10H3;5-18H,1-4H3;1H4. The lowest BCUT2D eigenvalue weighted by Crippen LogP contribution is -2.38. The van der Waals surface area contributed by atoms with E-state index >= 15 is 0 Å². The van der Waals surface area contributed by atoms with E-state index in [9.17, 15) is 0 Å². The van der Waals surface area contributed by atoms with Gasteiger partial charge in [0.2, 0.25) is 0 Å². The van der Waals surface area contributed by atoms with Gasteiger partial charge in [-0.3, -0.25) is 0 Å². The number of methoxy groups -OCH3 is 2. The van der Waals surface area contributed by atoms with Crippen LogP contribution in [0, 0.1) is 55.4 Å². The maximum atomic E-state index is 5.46. The van der Waals surface area contributed by atoms with Crippen LogP contribution in [0.3, 0.4) is 0 Å². The smallest absolute Gasteiger partial charge is 0.118 e. The highest BCUT2D eigenvalue weighted by molar-refractivity contribution is 5.98. The van der Waals surface area contributed by atoms with Gasteiger partial charge in [-0.05, 0) is 277 Å². The number of hydrogen-bond acceptors (Lipinski definition) is 4. The second-order valence-electron chi connectivity index (χ2n) is 33.0. The van der Waals surface area contributed by atoms with Crippen LogP contribution in [-0.4, -0.2) is 14.2 Å². The van der Waals surface area contributed by atoms with Gasteiger partial charge < -0.3 is 19.3 Å². The predicted molar refractivity (Wildman–Crippen MR) is 476 cm³/mol. The Morgan fingerprint density at radius 3 is 0.823 bits per heavy atom. The highest BCUT2D eigenvalue weighted by atomic mass is 16.5. The van der Waals surface area contributed by atoms with Gasteiger partial charge in [0, 0.05) is 16.8 Å². The maximum Gasteiger partial charge on any atom is 0.118 e. The SMILES string of the molecule is C.CCCCc1ccc(N2c3ccc(C)cc3C(c3ccc(C)cc3)(c3ccc(C)cc3)c3cc4c(cc32)C(C)(C)c2cc3c(cc2-4)C(c2ccc(C)cc2)(c2ccc(C)cc2)c2cc(C)ccc2N3c2ccc(CCCC)cc2)cc1.COc1ccc(C2(c3ccc(OC)cc3)c3cc(C)ccc3-c3ccc(C)cc32)cc1. The van der Waals surface area contributed by atoms with Gasteiger partial charge in [-0.15, -0.1) is 0 Å². The molecule has 0 spiro atoms. The molecule has 0 saturated carbocycles. The Morgan fingerprint density at radius 2 is 0.522 bits per heavy atom. The molecule has 564 valence electrons. The highest BCUT2D eigenvalue weighted by Gasteiger charge is 2.53. The van der Waals surface area contributed by atoms with Crippen molar-refractivity contribution >= 4 is 34.1 Å². The number of aryl methyl sites for hydroxylation is 10. The van der Waals surface area contributed by atoms with Gasteiger partial charge in [-0.1, -0.05) is 299 Å². The van der Waals surface area contributed by atoms with Crippen LogP contribution < -0.4 is 19.3 Å². The molecule has 14 aromatic rings. The third-order valence-corrected chi connectivity index (χ3v) is 25.3. The van der Waals surface area contributed by atoms with Crippen LogP contribution in [-0.2, 0) is 34.5 Å². The van der Waals surface area contributed by atoms with E-state index in [2.05, 4.69) is 384 Å². The van der Waals surface area contributed by atoms with E-state index in [4.69, 9.17) is 9.47 Å². The minimum atomic E-state index is -0.671. The molecule has 14 aromatic carbocycles. The Morgan fingerprint density at radius 1 is 0.257 bits per heavy atom. The third kappa shape index (κ3) is 12.3. The topological polar surface area (TPSA) is 24.9 Å². The van der Waals surface area contributed by atoms with Gasteiger partial charge in [-0.2, -0.15) is 0 Å². The first-order chi connectivity index (χ1) is 54.3. The van der Waals surface area contributed by atoms with Crippen LogP contribution in [0.5, 0.6) is 11.5 Å². The molecule has 0 radical (unpaired) electrons. The Hall–Kier alpha value is -11.7. The van der Waals surface area contributed by atoms with Crippen molar-refractivity contribution in [2.45, 2.75) is 151 Å². The molecule has 18 rings (SSSR count). The largest absolute Gasteiger partial charge is 0.497 e. The average Bonchev–Trinajstić information content (AvgIpc) is 1.44. The van der Waals surface area contributed by atoms with E-state index < -0.39 is 16.2 Å². The summed E-state index contributed by atoms with van der Waals surface area (Å²) in [6.07, 6.45) is 6.88. The molecular formula is C109H106N2O2. The quantitative estimate of drug-likeness (QED) is 0.0963. The van der Waals surface area contributed by atoms with Crippen LogP contribution in [0.4, 0.5) is 34.1 Å². The molecule has 2 aliphatic carbocycles. The van der Waals surface area contributed by atoms with E-state index in [1.807, 2.05) is 0 Å². The molecule has 2 heterocycles. The predicted octanol–water partition coefficient (Wildman–Crippen LogP) is 28.2. The first-order valence-corrected chi connectivity index (χ1v) is 40.5. The number of ether oxygens (including phenoxy) is 2. The van der Waals surface area contributed by atoms with Crippen molar-refractivity contribution in [2.24, 2.45) is 0 Å².